The standard InChI is InChI=1S/C24H29N3O2.ClH/c1-27(21-11-3-2-4-12-21)24(29)19-10-6-9-18(13-19)23(28)26-22-16-7-5-8-17(22)15-20(25)14-16;/h2-4,6,9-13,16-17,20,22H,5,7-8,14-15,25H2,1H3,(H,26,28);1H. The minimum atomic E-state index is -0.133. The van der Waals surface area contributed by atoms with E-state index in [4.69, 9.17) is 5.73 Å². The van der Waals surface area contributed by atoms with Crippen LogP contribution in [0.1, 0.15) is 52.8 Å². The number of rotatable bonds is 4. The van der Waals surface area contributed by atoms with E-state index in [0.29, 0.717) is 23.0 Å². The molecule has 2 atom stereocenters. The Morgan fingerprint density at radius 2 is 1.60 bits per heavy atom. The molecule has 2 aliphatic rings. The Morgan fingerprint density at radius 3 is 2.27 bits per heavy atom. The Hall–Kier alpha value is -2.37. The van der Waals surface area contributed by atoms with Crippen LogP contribution >= 0.6 is 12.4 Å². The van der Waals surface area contributed by atoms with Gasteiger partial charge in [-0.25, -0.2) is 0 Å². The van der Waals surface area contributed by atoms with Gasteiger partial charge in [-0.15, -0.1) is 12.4 Å². The van der Waals surface area contributed by atoms with E-state index < -0.39 is 0 Å². The first-order chi connectivity index (χ1) is 14.0. The maximum absolute atomic E-state index is 13.0. The molecule has 0 spiro atoms. The number of amides is 2. The molecule has 0 saturated heterocycles. The zero-order valence-electron chi connectivity index (χ0n) is 17.3. The molecular weight excluding hydrogens is 398 g/mol. The van der Waals surface area contributed by atoms with Gasteiger partial charge in [0, 0.05) is 35.9 Å². The van der Waals surface area contributed by atoms with Crippen LogP contribution < -0.4 is 16.0 Å². The molecule has 2 aromatic carbocycles. The number of benzene rings is 2. The van der Waals surface area contributed by atoms with E-state index in [-0.39, 0.29) is 36.3 Å². The molecule has 5 nitrogen and oxygen atoms in total. The summed E-state index contributed by atoms with van der Waals surface area (Å²) in [6.45, 7) is 0. The van der Waals surface area contributed by atoms with Gasteiger partial charge in [0.15, 0.2) is 0 Å². The Balaban J connectivity index is 0.00000256. The van der Waals surface area contributed by atoms with Crippen LogP contribution in [0.25, 0.3) is 0 Å². The number of hydrogen-bond donors (Lipinski definition) is 2. The zero-order chi connectivity index (χ0) is 20.4. The lowest BCUT2D eigenvalue weighted by molar-refractivity contribution is 0.0756. The average Bonchev–Trinajstić information content (AvgIpc) is 2.74. The third-order valence-electron chi connectivity index (χ3n) is 6.49. The minimum absolute atomic E-state index is 0. The number of carbonyl (C=O) groups is 2. The van der Waals surface area contributed by atoms with E-state index in [1.54, 1.807) is 36.2 Å². The van der Waals surface area contributed by atoms with Gasteiger partial charge >= 0.3 is 0 Å². The van der Waals surface area contributed by atoms with Crippen molar-refractivity contribution < 1.29 is 9.59 Å². The Morgan fingerprint density at radius 1 is 0.967 bits per heavy atom. The molecule has 2 fully saturated rings. The number of para-hydroxylation sites is 1. The normalized spacial score (nSPS) is 25.0. The number of nitrogens with two attached hydrogens (primary N) is 1. The summed E-state index contributed by atoms with van der Waals surface area (Å²) < 4.78 is 0. The lowest BCUT2D eigenvalue weighted by Crippen LogP contribution is -2.53. The number of nitrogens with zero attached hydrogens (tertiary/aromatic N) is 1. The summed E-state index contributed by atoms with van der Waals surface area (Å²) in [6, 6.07) is 17.0. The van der Waals surface area contributed by atoms with Crippen molar-refractivity contribution in [2.45, 2.75) is 44.2 Å². The highest BCUT2D eigenvalue weighted by atomic mass is 35.5. The third kappa shape index (κ3) is 4.68. The number of halogens is 1. The van der Waals surface area contributed by atoms with Gasteiger partial charge in [-0.1, -0.05) is 30.7 Å². The number of anilines is 1. The first kappa shape index (κ1) is 22.3. The van der Waals surface area contributed by atoms with Crippen molar-refractivity contribution >= 4 is 29.9 Å². The highest BCUT2D eigenvalue weighted by Crippen LogP contribution is 2.39. The number of fused-ring (bicyclic) bond motifs is 2. The molecule has 30 heavy (non-hydrogen) atoms. The van der Waals surface area contributed by atoms with Crippen molar-refractivity contribution in [3.63, 3.8) is 0 Å². The van der Waals surface area contributed by atoms with E-state index in [9.17, 15) is 9.59 Å². The van der Waals surface area contributed by atoms with Crippen molar-refractivity contribution in [2.24, 2.45) is 17.6 Å². The molecule has 3 N–H and O–H groups in total. The van der Waals surface area contributed by atoms with Crippen molar-refractivity contribution in [1.82, 2.24) is 5.32 Å². The van der Waals surface area contributed by atoms with Crippen LogP contribution in [-0.2, 0) is 0 Å². The largest absolute Gasteiger partial charge is 0.349 e. The molecule has 2 saturated carbocycles. The lowest BCUT2D eigenvalue weighted by Gasteiger charge is -2.45. The topological polar surface area (TPSA) is 75.4 Å². The molecule has 2 aliphatic carbocycles. The van der Waals surface area contributed by atoms with Crippen molar-refractivity contribution in [3.05, 3.63) is 65.7 Å². The smallest absolute Gasteiger partial charge is 0.258 e. The number of hydrogen-bond acceptors (Lipinski definition) is 3. The molecule has 4 rings (SSSR count). The van der Waals surface area contributed by atoms with Crippen LogP contribution in [0.15, 0.2) is 54.6 Å². The molecule has 2 bridgehead atoms. The molecule has 0 radical (unpaired) electrons. The third-order valence-corrected chi connectivity index (χ3v) is 6.49. The van der Waals surface area contributed by atoms with Crippen LogP contribution in [-0.4, -0.2) is 30.9 Å². The van der Waals surface area contributed by atoms with Gasteiger partial charge in [0.1, 0.15) is 0 Å². The van der Waals surface area contributed by atoms with Crippen molar-refractivity contribution in [1.29, 1.82) is 0 Å². The molecule has 160 valence electrons. The van der Waals surface area contributed by atoms with Gasteiger partial charge < -0.3 is 16.0 Å². The summed E-state index contributed by atoms with van der Waals surface area (Å²) in [5.41, 5.74) is 8.06. The summed E-state index contributed by atoms with van der Waals surface area (Å²) in [6.07, 6.45) is 5.47. The number of nitrogens with one attached hydrogen (secondary N) is 1. The first-order valence-corrected chi connectivity index (χ1v) is 10.5. The second-order valence-corrected chi connectivity index (χ2v) is 8.46. The highest BCUT2D eigenvalue weighted by molar-refractivity contribution is 6.07. The molecule has 2 aromatic rings. The molecule has 2 unspecified atom stereocenters. The summed E-state index contributed by atoms with van der Waals surface area (Å²) in [7, 11) is 1.75. The second kappa shape index (κ2) is 9.63. The first-order valence-electron chi connectivity index (χ1n) is 10.5. The molecule has 0 aromatic heterocycles. The SMILES string of the molecule is CN(C(=O)c1cccc(C(=O)NC2C3CCCC2CC(N)C3)c1)c1ccccc1.Cl. The van der Waals surface area contributed by atoms with Crippen LogP contribution in [0, 0.1) is 11.8 Å². The van der Waals surface area contributed by atoms with Gasteiger partial charge in [0.05, 0.1) is 0 Å². The van der Waals surface area contributed by atoms with Crippen LogP contribution in [0.4, 0.5) is 5.69 Å². The molecule has 2 amide bonds. The van der Waals surface area contributed by atoms with Gasteiger partial charge in [-0.2, -0.15) is 0 Å². The fourth-order valence-electron chi connectivity index (χ4n) is 5.02. The Kier molecular flexibility index (Phi) is 7.16. The van der Waals surface area contributed by atoms with E-state index in [2.05, 4.69) is 5.32 Å². The monoisotopic (exact) mass is 427 g/mol. The van der Waals surface area contributed by atoms with Gasteiger partial charge in [-0.05, 0) is 67.9 Å². The molecule has 0 heterocycles. The summed E-state index contributed by atoms with van der Waals surface area (Å²) >= 11 is 0. The fourth-order valence-corrected chi connectivity index (χ4v) is 5.02. The predicted octanol–water partition coefficient (Wildman–Crippen LogP) is 4.02. The lowest BCUT2D eigenvalue weighted by atomic mass is 9.67. The Bertz CT molecular complexity index is 875. The van der Waals surface area contributed by atoms with Crippen molar-refractivity contribution in [2.75, 3.05) is 11.9 Å². The fraction of sp³-hybridized carbons (Fsp3) is 0.417. The van der Waals surface area contributed by atoms with E-state index in [0.717, 1.165) is 31.4 Å². The Labute approximate surface area is 184 Å². The molecule has 6 heteroatoms. The van der Waals surface area contributed by atoms with Gasteiger partial charge in [0.2, 0.25) is 0 Å². The summed E-state index contributed by atoms with van der Waals surface area (Å²) in [5.74, 6) is 0.705. The van der Waals surface area contributed by atoms with E-state index in [1.807, 2.05) is 30.3 Å². The quantitative estimate of drug-likeness (QED) is 0.773. The second-order valence-electron chi connectivity index (χ2n) is 8.46. The van der Waals surface area contributed by atoms with E-state index >= 15 is 0 Å². The highest BCUT2D eigenvalue weighted by Gasteiger charge is 2.40. The maximum atomic E-state index is 13.0. The van der Waals surface area contributed by atoms with Crippen LogP contribution in [0.3, 0.4) is 0 Å². The van der Waals surface area contributed by atoms with Crippen LogP contribution in [0.2, 0.25) is 0 Å². The zero-order valence-corrected chi connectivity index (χ0v) is 18.1. The molecule has 0 aliphatic heterocycles. The molecular formula is C24H30ClN3O2. The summed E-state index contributed by atoms with van der Waals surface area (Å²) in [4.78, 5) is 27.5. The predicted molar refractivity (Wildman–Crippen MR) is 122 cm³/mol. The minimum Gasteiger partial charge on any atom is -0.349 e. The number of carbonyl (C=O) groups excluding carboxylic acids is 2. The average molecular weight is 428 g/mol. The van der Waals surface area contributed by atoms with E-state index in [1.165, 1.54) is 6.42 Å². The maximum Gasteiger partial charge on any atom is 0.258 e. The van der Waals surface area contributed by atoms with Gasteiger partial charge in [-0.3, -0.25) is 9.59 Å². The van der Waals surface area contributed by atoms with Crippen LogP contribution in [0.5, 0.6) is 0 Å². The van der Waals surface area contributed by atoms with Crippen molar-refractivity contribution in [3.8, 4) is 0 Å². The van der Waals surface area contributed by atoms with Gasteiger partial charge in [0.25, 0.3) is 11.8 Å². The summed E-state index contributed by atoms with van der Waals surface area (Å²) in [5, 5.41) is 3.27.